The predicted molar refractivity (Wildman–Crippen MR) is 119 cm³/mol. The minimum Gasteiger partial charge on any atom is -0.468 e. The monoisotopic (exact) mass is 456 g/mol. The fourth-order valence-corrected chi connectivity index (χ4v) is 4.00. The van der Waals surface area contributed by atoms with Crippen molar-refractivity contribution in [2.24, 2.45) is 0 Å². The average Bonchev–Trinajstić information content (AvgIpc) is 3.33. The molecule has 9 heteroatoms. The fraction of sp³-hybridized carbons (Fsp3) is 0.217. The molecule has 1 N–H and O–H groups in total. The van der Waals surface area contributed by atoms with Gasteiger partial charge in [0.15, 0.2) is 6.10 Å². The fourth-order valence-electron chi connectivity index (χ4n) is 3.00. The molecular formula is C23H24N2O6S. The van der Waals surface area contributed by atoms with Crippen LogP contribution in [-0.4, -0.2) is 32.9 Å². The van der Waals surface area contributed by atoms with Crippen molar-refractivity contribution in [1.82, 2.24) is 4.72 Å². The number of benzene rings is 2. The van der Waals surface area contributed by atoms with Gasteiger partial charge in [-0.25, -0.2) is 17.9 Å². The van der Waals surface area contributed by atoms with Crippen molar-refractivity contribution in [3.63, 3.8) is 0 Å². The molecule has 8 nitrogen and oxygen atoms in total. The van der Waals surface area contributed by atoms with Crippen molar-refractivity contribution < 1.29 is 27.2 Å². The highest BCUT2D eigenvalue weighted by Crippen LogP contribution is 2.17. The van der Waals surface area contributed by atoms with Gasteiger partial charge in [0, 0.05) is 12.2 Å². The molecule has 1 aromatic heterocycles. The molecule has 1 atom stereocenters. The Morgan fingerprint density at radius 1 is 1.03 bits per heavy atom. The van der Waals surface area contributed by atoms with Crippen LogP contribution >= 0.6 is 0 Å². The first-order valence-corrected chi connectivity index (χ1v) is 11.5. The van der Waals surface area contributed by atoms with E-state index in [2.05, 4.69) is 4.72 Å². The zero-order valence-electron chi connectivity index (χ0n) is 17.7. The molecule has 3 rings (SSSR count). The lowest BCUT2D eigenvalue weighted by Gasteiger charge is -2.24. The van der Waals surface area contributed by atoms with Crippen LogP contribution in [-0.2, 0) is 26.1 Å². The summed E-state index contributed by atoms with van der Waals surface area (Å²) in [6.45, 7) is 3.76. The summed E-state index contributed by atoms with van der Waals surface area (Å²) in [6.07, 6.45) is 0.441. The van der Waals surface area contributed by atoms with Gasteiger partial charge < -0.3 is 14.1 Å². The number of carbonyl (C=O) groups is 2. The van der Waals surface area contributed by atoms with E-state index in [-0.39, 0.29) is 22.9 Å². The van der Waals surface area contributed by atoms with Crippen molar-refractivity contribution in [1.29, 1.82) is 0 Å². The third-order valence-electron chi connectivity index (χ3n) is 4.70. The van der Waals surface area contributed by atoms with Crippen LogP contribution in [0.2, 0.25) is 0 Å². The number of likely N-dealkylation sites (N-methyl/N-ethyl adjacent to an activating group) is 1. The van der Waals surface area contributed by atoms with E-state index in [4.69, 9.17) is 9.15 Å². The summed E-state index contributed by atoms with van der Waals surface area (Å²) < 4.78 is 37.6. The molecule has 0 aliphatic rings. The van der Waals surface area contributed by atoms with Crippen LogP contribution in [0.15, 0.2) is 82.3 Å². The molecule has 0 radical (unpaired) electrons. The molecular weight excluding hydrogens is 432 g/mol. The summed E-state index contributed by atoms with van der Waals surface area (Å²) >= 11 is 0. The Balaban J connectivity index is 1.63. The number of hydrogen-bond donors (Lipinski definition) is 1. The number of nitrogens with one attached hydrogen (secondary N) is 1. The quantitative estimate of drug-likeness (QED) is 0.495. The third kappa shape index (κ3) is 5.63. The number of furan rings is 1. The van der Waals surface area contributed by atoms with E-state index in [0.29, 0.717) is 18.0 Å². The summed E-state index contributed by atoms with van der Waals surface area (Å²) in [7, 11) is -3.78. The van der Waals surface area contributed by atoms with E-state index < -0.39 is 22.1 Å². The number of sulfonamides is 1. The van der Waals surface area contributed by atoms with Crippen LogP contribution in [0.25, 0.3) is 0 Å². The maximum Gasteiger partial charge on any atom is 0.338 e. The normalized spacial score (nSPS) is 12.2. The summed E-state index contributed by atoms with van der Waals surface area (Å²) in [4.78, 5) is 26.7. The lowest BCUT2D eigenvalue weighted by atomic mass is 10.2. The summed E-state index contributed by atoms with van der Waals surface area (Å²) in [5, 5.41) is 0. The van der Waals surface area contributed by atoms with Gasteiger partial charge in [0.1, 0.15) is 5.76 Å². The Kier molecular flexibility index (Phi) is 7.45. The Morgan fingerprint density at radius 2 is 1.72 bits per heavy atom. The van der Waals surface area contributed by atoms with Crippen LogP contribution < -0.4 is 9.62 Å². The van der Waals surface area contributed by atoms with E-state index in [9.17, 15) is 18.0 Å². The standard InChI is InChI=1S/C23H24N2O6S/c1-3-25(19-8-5-4-6-9-19)22(26)17(2)31-23(27)18-11-13-21(14-12-18)32(28,29)24-16-20-10-7-15-30-20/h4-15,17,24H,3,16H2,1-2H3/t17-/m0/s1. The van der Waals surface area contributed by atoms with Gasteiger partial charge >= 0.3 is 5.97 Å². The highest BCUT2D eigenvalue weighted by Gasteiger charge is 2.25. The van der Waals surface area contributed by atoms with Crippen molar-refractivity contribution in [3.8, 4) is 0 Å². The van der Waals surface area contributed by atoms with Crippen LogP contribution in [0.5, 0.6) is 0 Å². The molecule has 0 unspecified atom stereocenters. The van der Waals surface area contributed by atoms with Gasteiger partial charge in [-0.3, -0.25) is 4.79 Å². The molecule has 2 aromatic carbocycles. The van der Waals surface area contributed by atoms with Crippen molar-refractivity contribution in [2.45, 2.75) is 31.4 Å². The Labute approximate surface area is 186 Å². The van der Waals surface area contributed by atoms with Crippen molar-refractivity contribution >= 4 is 27.6 Å². The van der Waals surface area contributed by atoms with Gasteiger partial charge in [-0.2, -0.15) is 0 Å². The first-order chi connectivity index (χ1) is 15.3. The molecule has 0 saturated heterocycles. The van der Waals surface area contributed by atoms with E-state index in [0.717, 1.165) is 0 Å². The first-order valence-electron chi connectivity index (χ1n) is 10.0. The van der Waals surface area contributed by atoms with E-state index >= 15 is 0 Å². The van der Waals surface area contributed by atoms with Crippen LogP contribution in [0.3, 0.4) is 0 Å². The molecule has 1 amide bonds. The Bertz CT molecular complexity index is 1140. The van der Waals surface area contributed by atoms with Gasteiger partial charge in [-0.15, -0.1) is 0 Å². The minimum atomic E-state index is -3.78. The molecule has 0 fully saturated rings. The van der Waals surface area contributed by atoms with Crippen molar-refractivity contribution in [2.75, 3.05) is 11.4 Å². The number of rotatable bonds is 9. The zero-order valence-corrected chi connectivity index (χ0v) is 18.5. The molecule has 0 aliphatic carbocycles. The Hall–Kier alpha value is -3.43. The number of esters is 1. The molecule has 1 heterocycles. The highest BCUT2D eigenvalue weighted by atomic mass is 32.2. The number of nitrogens with zero attached hydrogens (tertiary/aromatic N) is 1. The molecule has 0 spiro atoms. The second-order valence-electron chi connectivity index (χ2n) is 6.89. The largest absolute Gasteiger partial charge is 0.468 e. The Morgan fingerprint density at radius 3 is 2.31 bits per heavy atom. The smallest absolute Gasteiger partial charge is 0.338 e. The second-order valence-corrected chi connectivity index (χ2v) is 8.66. The highest BCUT2D eigenvalue weighted by molar-refractivity contribution is 7.89. The summed E-state index contributed by atoms with van der Waals surface area (Å²) in [6, 6.07) is 17.7. The predicted octanol–water partition coefficient (Wildman–Crippen LogP) is 3.36. The topological polar surface area (TPSA) is 106 Å². The average molecular weight is 457 g/mol. The van der Waals surface area contributed by atoms with Crippen LogP contribution in [0.4, 0.5) is 5.69 Å². The molecule has 0 saturated carbocycles. The molecule has 0 bridgehead atoms. The molecule has 168 valence electrons. The lowest BCUT2D eigenvalue weighted by molar-refractivity contribution is -0.126. The van der Waals surface area contributed by atoms with Gasteiger partial charge in [0.2, 0.25) is 10.0 Å². The van der Waals surface area contributed by atoms with Crippen molar-refractivity contribution in [3.05, 3.63) is 84.3 Å². The van der Waals surface area contributed by atoms with Crippen LogP contribution in [0.1, 0.15) is 30.0 Å². The molecule has 0 aliphatic heterocycles. The van der Waals surface area contributed by atoms with Crippen LogP contribution in [0, 0.1) is 0 Å². The summed E-state index contributed by atoms with van der Waals surface area (Å²) in [5.74, 6) is -0.597. The number of amides is 1. The number of para-hydroxylation sites is 1. The SMILES string of the molecule is CCN(C(=O)[C@H](C)OC(=O)c1ccc(S(=O)(=O)NCc2ccco2)cc1)c1ccccc1. The minimum absolute atomic E-state index is 0.00803. The molecule has 32 heavy (non-hydrogen) atoms. The van der Waals surface area contributed by atoms with E-state index in [1.54, 1.807) is 24.3 Å². The summed E-state index contributed by atoms with van der Waals surface area (Å²) in [5.41, 5.74) is 0.844. The number of hydrogen-bond acceptors (Lipinski definition) is 6. The number of carbonyl (C=O) groups excluding carboxylic acids is 2. The van der Waals surface area contributed by atoms with Gasteiger partial charge in [-0.1, -0.05) is 18.2 Å². The maximum absolute atomic E-state index is 12.7. The zero-order chi connectivity index (χ0) is 23.1. The number of anilines is 1. The third-order valence-corrected chi connectivity index (χ3v) is 6.12. The van der Waals surface area contributed by atoms with Gasteiger partial charge in [0.05, 0.1) is 23.3 Å². The second kappa shape index (κ2) is 10.3. The van der Waals surface area contributed by atoms with E-state index in [1.165, 1.54) is 42.4 Å². The number of ether oxygens (including phenoxy) is 1. The maximum atomic E-state index is 12.7. The molecule has 3 aromatic rings. The van der Waals surface area contributed by atoms with E-state index in [1.807, 2.05) is 25.1 Å². The van der Waals surface area contributed by atoms with Gasteiger partial charge in [0.25, 0.3) is 5.91 Å². The van der Waals surface area contributed by atoms with Gasteiger partial charge in [-0.05, 0) is 62.4 Å². The lowest BCUT2D eigenvalue weighted by Crippen LogP contribution is -2.40. The first kappa shape index (κ1) is 23.2.